The second kappa shape index (κ2) is 39.8. The number of hydrogen-bond donors (Lipinski definition) is 14. The molecule has 0 aliphatic carbocycles. The molecule has 11 heterocycles. The van der Waals surface area contributed by atoms with Crippen LogP contribution in [0.5, 0.6) is 17.2 Å². The van der Waals surface area contributed by atoms with Crippen molar-refractivity contribution in [2.45, 2.75) is 132 Å². The molecule has 3 saturated heterocycles. The molecule has 0 amide bonds. The summed E-state index contributed by atoms with van der Waals surface area (Å²) in [7, 11) is 0. The first kappa shape index (κ1) is 84.5. The lowest BCUT2D eigenvalue weighted by Crippen LogP contribution is -2.59. The molecular formula is C83H93N13O24. The molecule has 6 aromatic heterocycles. The molecule has 0 spiro atoms. The number of ether oxygens (including phenoxy) is 12. The molecule has 4 aromatic carbocycles. The third kappa shape index (κ3) is 20.1. The van der Waals surface area contributed by atoms with E-state index in [0.29, 0.717) is 76.7 Å². The Balaban J connectivity index is 0.673. The Bertz CT molecular complexity index is 5110. The van der Waals surface area contributed by atoms with Crippen LogP contribution in [0.3, 0.4) is 0 Å². The molecule has 15 atom stereocenters. The highest BCUT2D eigenvalue weighted by molar-refractivity contribution is 6.00. The standard InChI is InChI=1S/C83H93N13O24/c97-41-65-72(100)75(103)78(106)81(118-65)112-35-32-109-29-26-94-38-51(88-91-94)44-115-54-12-6-48(7-13-54)69-59-20-18-57(84-59)68(47-4-2-1-3-5-47)58-19-21-60(85-58)70(49-8-14-55(15-9-49)116-45-52-39-95(92-89-52)27-30-110-33-36-113-82-79(107)76(104)73(101)66(42-98)119-82)62-23-25-64(87-62)71(63-24-22-61(69)86-63)50-10-16-56(17-11-50)117-46-53-40-96(93-90-53)28-31-111-34-37-114-83-80(108)77(105)74(102)67(43-99)120-83/h1-25,38-40,65-67,72-84,87,97-108H,26-37,41-46H2/t65-,66-,67-,72-,73-,74-,75+,76+,77+,78-,79-,80-,81-,82-,83-/m1/s1. The van der Waals surface area contributed by atoms with Crippen LogP contribution in [0.4, 0.5) is 0 Å². The predicted octanol–water partition coefficient (Wildman–Crippen LogP) is 2.33. The molecule has 3 fully saturated rings. The Morgan fingerprint density at radius 2 is 0.600 bits per heavy atom. The van der Waals surface area contributed by atoms with Crippen molar-refractivity contribution in [2.75, 3.05) is 79.3 Å². The van der Waals surface area contributed by atoms with Gasteiger partial charge in [-0.2, -0.15) is 0 Å². The third-order valence-electron chi connectivity index (χ3n) is 20.6. The van der Waals surface area contributed by atoms with Crippen LogP contribution in [0.25, 0.3) is 90.9 Å². The van der Waals surface area contributed by atoms with Gasteiger partial charge in [-0.1, -0.05) is 82.4 Å². The molecule has 37 nitrogen and oxygen atoms in total. The summed E-state index contributed by atoms with van der Waals surface area (Å²) >= 11 is 0. The van der Waals surface area contributed by atoms with Gasteiger partial charge >= 0.3 is 0 Å². The highest BCUT2D eigenvalue weighted by Gasteiger charge is 2.46. The molecule has 37 heteroatoms. The van der Waals surface area contributed by atoms with Crippen LogP contribution in [0.15, 0.2) is 146 Å². The molecular weight excluding hydrogens is 1560 g/mol. The van der Waals surface area contributed by atoms with E-state index >= 15 is 0 Å². The Morgan fingerprint density at radius 3 is 0.883 bits per heavy atom. The van der Waals surface area contributed by atoms with Crippen LogP contribution >= 0.6 is 0 Å². The number of aromatic amines is 2. The maximum Gasteiger partial charge on any atom is 0.186 e. The van der Waals surface area contributed by atoms with E-state index in [1.54, 1.807) is 32.6 Å². The van der Waals surface area contributed by atoms with Crippen molar-refractivity contribution in [3.05, 3.63) is 186 Å². The first-order valence-electron chi connectivity index (χ1n) is 39.1. The van der Waals surface area contributed by atoms with Crippen LogP contribution in [-0.4, -0.2) is 298 Å². The fourth-order valence-corrected chi connectivity index (χ4v) is 14.3. The number of nitrogens with zero attached hydrogens (tertiary/aromatic N) is 11. The lowest BCUT2D eigenvalue weighted by atomic mass is 9.99. The molecule has 5 aliphatic rings. The summed E-state index contributed by atoms with van der Waals surface area (Å²) in [6.07, 6.45) is -7.38. The second-order valence-electron chi connectivity index (χ2n) is 28.8. The van der Waals surface area contributed by atoms with Crippen LogP contribution in [-0.2, 0) is 82.1 Å². The van der Waals surface area contributed by atoms with Gasteiger partial charge in [-0.15, -0.1) is 15.3 Å². The minimum Gasteiger partial charge on any atom is -0.487 e. The summed E-state index contributed by atoms with van der Waals surface area (Å²) in [5.74, 6) is 1.71. The van der Waals surface area contributed by atoms with Gasteiger partial charge in [-0.3, -0.25) is 0 Å². The van der Waals surface area contributed by atoms with Crippen molar-refractivity contribution in [3.63, 3.8) is 0 Å². The van der Waals surface area contributed by atoms with E-state index in [-0.39, 0.29) is 79.3 Å². The normalized spacial score (nSPS) is 23.6. The van der Waals surface area contributed by atoms with Crippen LogP contribution in [0.1, 0.15) is 39.9 Å². The van der Waals surface area contributed by atoms with E-state index in [1.165, 1.54) is 0 Å². The van der Waals surface area contributed by atoms with E-state index in [9.17, 15) is 61.3 Å². The van der Waals surface area contributed by atoms with Gasteiger partial charge in [0.1, 0.15) is 127 Å². The van der Waals surface area contributed by atoms with Crippen molar-refractivity contribution < 1.29 is 118 Å². The van der Waals surface area contributed by atoms with Crippen molar-refractivity contribution in [3.8, 4) is 61.8 Å². The number of fused-ring (bicyclic) bond motifs is 8. The summed E-state index contributed by atoms with van der Waals surface area (Å²) in [5.41, 5.74) is 14.2. The molecule has 0 saturated carbocycles. The number of rotatable bonds is 37. The average Bonchev–Trinajstić information content (AvgIpc) is 1.51. The van der Waals surface area contributed by atoms with Gasteiger partial charge in [-0.05, 0) is 107 Å². The highest BCUT2D eigenvalue weighted by Crippen LogP contribution is 2.40. The van der Waals surface area contributed by atoms with Crippen molar-refractivity contribution >= 4 is 46.4 Å². The zero-order valence-electron chi connectivity index (χ0n) is 64.7. The number of benzene rings is 4. The highest BCUT2D eigenvalue weighted by atomic mass is 16.7. The molecule has 120 heavy (non-hydrogen) atoms. The fraction of sp³-hybridized carbons (Fsp3) is 0.398. The van der Waals surface area contributed by atoms with E-state index in [1.807, 2.05) is 133 Å². The molecule has 5 aliphatic heterocycles. The maximum atomic E-state index is 10.3. The Hall–Kier alpha value is -10.5. The SMILES string of the molecule is OC[C@H]1O[C@@H](OCCOCCn2cc(COc3ccc(-c4c5nc(c(-c6ccc(OCc7cn(CCOCCO[C@@H]8O[C@H](CO)[C@@H](O)[C@H](O)[C@H]8O)nn7)cc6)c6ccc([nH]6)c(-c6ccc(OCc7cn(CCOCCO[C@@H]8O[C@H](CO)[C@@H](O)[C@H](O)[C@H]8O)nn7)cc6)c6nc(c(-c7ccccc7)c7ccc4[nH]7)C=C6)C=C5)cc3)nn2)[C@H](O)[C@@H](O)[C@@H]1O. The minimum atomic E-state index is -1.55. The van der Waals surface area contributed by atoms with Crippen LogP contribution < -0.4 is 14.2 Å². The Kier molecular flexibility index (Phi) is 28.0. The number of aromatic nitrogens is 13. The zero-order chi connectivity index (χ0) is 83.2. The zero-order valence-corrected chi connectivity index (χ0v) is 64.7. The van der Waals surface area contributed by atoms with E-state index in [2.05, 4.69) is 59.1 Å². The first-order chi connectivity index (χ1) is 58.5. The summed E-state index contributed by atoms with van der Waals surface area (Å²) < 4.78 is 73.7. The molecule has 15 rings (SSSR count). The molecule has 14 N–H and O–H groups in total. The number of H-pyrrole nitrogens is 2. The summed E-state index contributed by atoms with van der Waals surface area (Å²) in [5, 5.41) is 146. The summed E-state index contributed by atoms with van der Waals surface area (Å²) in [6, 6.07) is 41.5. The molecule has 10 aromatic rings. The van der Waals surface area contributed by atoms with Gasteiger partial charge < -0.3 is 128 Å². The lowest BCUT2D eigenvalue weighted by Gasteiger charge is -2.39. The van der Waals surface area contributed by atoms with E-state index in [4.69, 9.17) is 66.8 Å². The van der Waals surface area contributed by atoms with Gasteiger partial charge in [0.15, 0.2) is 18.9 Å². The van der Waals surface area contributed by atoms with Gasteiger partial charge in [0.25, 0.3) is 0 Å². The summed E-state index contributed by atoms with van der Waals surface area (Å²) in [4.78, 5) is 18.6. The minimum absolute atomic E-state index is 0.00218. The summed E-state index contributed by atoms with van der Waals surface area (Å²) in [6.45, 7) is 0.761. The monoisotopic (exact) mass is 1660 g/mol. The quantitative estimate of drug-likeness (QED) is 0.0248. The molecule has 0 unspecified atom stereocenters. The molecule has 634 valence electrons. The van der Waals surface area contributed by atoms with E-state index in [0.717, 1.165) is 66.6 Å². The topological polar surface area (TPSA) is 503 Å². The lowest BCUT2D eigenvalue weighted by molar-refractivity contribution is -0.302. The predicted molar refractivity (Wildman–Crippen MR) is 425 cm³/mol. The van der Waals surface area contributed by atoms with Crippen molar-refractivity contribution in [1.29, 1.82) is 0 Å². The van der Waals surface area contributed by atoms with Gasteiger partial charge in [-0.25, -0.2) is 24.0 Å². The second-order valence-corrected chi connectivity index (χ2v) is 28.8. The number of nitrogens with one attached hydrogen (secondary N) is 2. The van der Waals surface area contributed by atoms with E-state index < -0.39 is 112 Å². The Morgan fingerprint density at radius 1 is 0.317 bits per heavy atom. The van der Waals surface area contributed by atoms with Gasteiger partial charge in [0.05, 0.1) is 140 Å². The maximum absolute atomic E-state index is 10.3. The number of aliphatic hydroxyl groups is 12. The molecule has 0 radical (unpaired) electrons. The van der Waals surface area contributed by atoms with Crippen molar-refractivity contribution in [2.24, 2.45) is 0 Å². The van der Waals surface area contributed by atoms with Crippen molar-refractivity contribution in [1.82, 2.24) is 64.9 Å². The average molecular weight is 1660 g/mol. The van der Waals surface area contributed by atoms with Crippen LogP contribution in [0, 0.1) is 0 Å². The third-order valence-corrected chi connectivity index (χ3v) is 20.6. The number of hydrogen-bond acceptors (Lipinski definition) is 32. The largest absolute Gasteiger partial charge is 0.487 e. The van der Waals surface area contributed by atoms with Gasteiger partial charge in [0, 0.05) is 44.3 Å². The molecule has 8 bridgehead atoms. The fourth-order valence-electron chi connectivity index (χ4n) is 14.3. The van der Waals surface area contributed by atoms with Crippen LogP contribution in [0.2, 0.25) is 0 Å². The Labute approximate surface area is 685 Å². The number of aliphatic hydroxyl groups excluding tert-OH is 12. The smallest absolute Gasteiger partial charge is 0.186 e. The first-order valence-corrected chi connectivity index (χ1v) is 39.1. The van der Waals surface area contributed by atoms with Gasteiger partial charge in [0.2, 0.25) is 0 Å².